The van der Waals surface area contributed by atoms with Crippen molar-refractivity contribution in [3.05, 3.63) is 58.7 Å². The van der Waals surface area contributed by atoms with Crippen LogP contribution < -0.4 is 5.06 Å². The molecule has 0 aliphatic carbocycles. The quantitative estimate of drug-likeness (QED) is 0.379. The second kappa shape index (κ2) is 8.90. The van der Waals surface area contributed by atoms with Gasteiger partial charge in [0.1, 0.15) is 34.8 Å². The highest BCUT2D eigenvalue weighted by Gasteiger charge is 2.26. The molecule has 0 radical (unpaired) electrons. The maximum Gasteiger partial charge on any atom is 0.264 e. The molecule has 0 N–H and O–H groups in total. The summed E-state index contributed by atoms with van der Waals surface area (Å²) in [6, 6.07) is 7.59. The Labute approximate surface area is 179 Å². The van der Waals surface area contributed by atoms with Crippen molar-refractivity contribution in [3.63, 3.8) is 0 Å². The van der Waals surface area contributed by atoms with E-state index in [4.69, 9.17) is 4.84 Å². The summed E-state index contributed by atoms with van der Waals surface area (Å²) in [7, 11) is 0. The van der Waals surface area contributed by atoms with Crippen LogP contribution in [0.15, 0.2) is 42.9 Å². The van der Waals surface area contributed by atoms with Crippen molar-refractivity contribution < 1.29 is 18.0 Å². The van der Waals surface area contributed by atoms with E-state index in [-0.39, 0.29) is 5.82 Å². The van der Waals surface area contributed by atoms with Crippen LogP contribution in [-0.2, 0) is 4.84 Å². The van der Waals surface area contributed by atoms with Crippen LogP contribution in [0.1, 0.15) is 23.0 Å². The van der Waals surface area contributed by atoms with E-state index in [0.717, 1.165) is 11.2 Å². The summed E-state index contributed by atoms with van der Waals surface area (Å²) < 4.78 is 39.4. The Morgan fingerprint density at radius 1 is 1.10 bits per heavy atom. The van der Waals surface area contributed by atoms with E-state index in [1.54, 1.807) is 32.0 Å². The fourth-order valence-electron chi connectivity index (χ4n) is 3.08. The van der Waals surface area contributed by atoms with E-state index in [1.807, 2.05) is 0 Å². The molecule has 1 aromatic carbocycles. The highest BCUT2D eigenvalue weighted by atomic mass is 32.1. The Kier molecular flexibility index (Phi) is 6.05. The zero-order chi connectivity index (χ0) is 22.0. The van der Waals surface area contributed by atoms with Crippen LogP contribution in [-0.4, -0.2) is 38.2 Å². The third-order valence-corrected chi connectivity index (χ3v) is 5.45. The van der Waals surface area contributed by atoms with Crippen molar-refractivity contribution in [1.29, 1.82) is 0 Å². The highest BCUT2D eigenvalue weighted by molar-refractivity contribution is 7.11. The number of anilines is 1. The standard InChI is InChI=1S/C20H17F3N6OS/c1-11(20-28-27-12(2)31-20)29(30-9-17(22)23)19-18-14(15-7-6-13(21)8-24-15)4-3-5-16(18)25-10-26-19/h3-8,10-11,17H,9H2,1-2H3. The molecule has 0 aliphatic heterocycles. The summed E-state index contributed by atoms with van der Waals surface area (Å²) in [5.41, 5.74) is 1.65. The minimum atomic E-state index is -2.68. The number of aryl methyl sites for hydroxylation is 1. The van der Waals surface area contributed by atoms with Gasteiger partial charge in [-0.25, -0.2) is 28.2 Å². The van der Waals surface area contributed by atoms with E-state index in [2.05, 4.69) is 25.1 Å². The first kappa shape index (κ1) is 21.1. The fourth-order valence-corrected chi connectivity index (χ4v) is 3.81. The average molecular weight is 446 g/mol. The summed E-state index contributed by atoms with van der Waals surface area (Å²) in [6.45, 7) is 2.74. The predicted molar refractivity (Wildman–Crippen MR) is 110 cm³/mol. The van der Waals surface area contributed by atoms with Crippen LogP contribution in [0.4, 0.5) is 19.0 Å². The van der Waals surface area contributed by atoms with Crippen molar-refractivity contribution in [3.8, 4) is 11.3 Å². The molecule has 0 saturated heterocycles. The highest BCUT2D eigenvalue weighted by Crippen LogP contribution is 2.37. The first-order valence-electron chi connectivity index (χ1n) is 9.30. The maximum atomic E-state index is 13.4. The van der Waals surface area contributed by atoms with Gasteiger partial charge in [0.25, 0.3) is 6.43 Å². The number of hydrogen-bond donors (Lipinski definition) is 0. The summed E-state index contributed by atoms with van der Waals surface area (Å²) in [5.74, 6) is -0.199. The number of hydroxylamine groups is 1. The molecule has 0 amide bonds. The van der Waals surface area contributed by atoms with Crippen molar-refractivity contribution in [2.75, 3.05) is 11.7 Å². The normalized spacial score (nSPS) is 12.5. The number of aromatic nitrogens is 5. The predicted octanol–water partition coefficient (Wildman–Crippen LogP) is 4.76. The molecule has 3 heterocycles. The third-order valence-electron chi connectivity index (χ3n) is 4.45. The first-order chi connectivity index (χ1) is 14.9. The van der Waals surface area contributed by atoms with Crippen molar-refractivity contribution in [1.82, 2.24) is 25.1 Å². The molecular weight excluding hydrogens is 429 g/mol. The van der Waals surface area contributed by atoms with Gasteiger partial charge in [0.2, 0.25) is 0 Å². The van der Waals surface area contributed by atoms with Gasteiger partial charge >= 0.3 is 0 Å². The third kappa shape index (κ3) is 4.47. The van der Waals surface area contributed by atoms with Crippen LogP contribution in [0, 0.1) is 12.7 Å². The summed E-state index contributed by atoms with van der Waals surface area (Å²) >= 11 is 1.33. The molecule has 4 aromatic rings. The van der Waals surface area contributed by atoms with Crippen molar-refractivity contribution >= 4 is 28.1 Å². The van der Waals surface area contributed by atoms with E-state index in [9.17, 15) is 13.2 Å². The molecule has 160 valence electrons. The van der Waals surface area contributed by atoms with Gasteiger partial charge in [0.15, 0.2) is 5.82 Å². The average Bonchev–Trinajstić information content (AvgIpc) is 3.20. The molecule has 0 spiro atoms. The van der Waals surface area contributed by atoms with Gasteiger partial charge in [0, 0.05) is 5.56 Å². The number of alkyl halides is 2. The van der Waals surface area contributed by atoms with E-state index in [1.165, 1.54) is 34.9 Å². The van der Waals surface area contributed by atoms with Crippen LogP contribution in [0.25, 0.3) is 22.2 Å². The smallest absolute Gasteiger partial charge is 0.264 e. The molecule has 7 nitrogen and oxygen atoms in total. The summed E-state index contributed by atoms with van der Waals surface area (Å²) in [6.07, 6.45) is -0.247. The molecule has 0 bridgehead atoms. The molecule has 1 unspecified atom stereocenters. The summed E-state index contributed by atoms with van der Waals surface area (Å²) in [4.78, 5) is 18.3. The van der Waals surface area contributed by atoms with E-state index < -0.39 is 24.9 Å². The zero-order valence-electron chi connectivity index (χ0n) is 16.5. The van der Waals surface area contributed by atoms with Crippen LogP contribution >= 0.6 is 11.3 Å². The van der Waals surface area contributed by atoms with Gasteiger partial charge in [-0.2, -0.15) is 0 Å². The molecule has 4 rings (SSSR count). The largest absolute Gasteiger partial charge is 0.265 e. The molecule has 0 fully saturated rings. The number of halogens is 3. The van der Waals surface area contributed by atoms with Crippen molar-refractivity contribution in [2.45, 2.75) is 26.3 Å². The van der Waals surface area contributed by atoms with E-state index in [0.29, 0.717) is 27.2 Å². The van der Waals surface area contributed by atoms with Crippen LogP contribution in [0.2, 0.25) is 0 Å². The molecule has 1 atom stereocenters. The number of rotatable bonds is 7. The van der Waals surface area contributed by atoms with Gasteiger partial charge in [-0.15, -0.1) is 10.2 Å². The molecule has 3 aromatic heterocycles. The van der Waals surface area contributed by atoms with Crippen LogP contribution in [0.5, 0.6) is 0 Å². The Balaban J connectivity index is 1.88. The second-order valence-corrected chi connectivity index (χ2v) is 7.82. The fraction of sp³-hybridized carbons (Fsp3) is 0.250. The lowest BCUT2D eigenvalue weighted by atomic mass is 10.0. The number of fused-ring (bicyclic) bond motifs is 1. The lowest BCUT2D eigenvalue weighted by molar-refractivity contribution is -0.00380. The molecule has 11 heteroatoms. The minimum absolute atomic E-state index is 0.271. The second-order valence-electron chi connectivity index (χ2n) is 6.61. The Morgan fingerprint density at radius 3 is 2.61 bits per heavy atom. The SMILES string of the molecule is Cc1nnc(C(C)N(OCC(F)F)c2ncnc3cccc(-c4ccc(F)cn4)c23)s1. The number of hydrogen-bond acceptors (Lipinski definition) is 8. The first-order valence-corrected chi connectivity index (χ1v) is 10.1. The minimum Gasteiger partial charge on any atom is -0.265 e. The van der Waals surface area contributed by atoms with Gasteiger partial charge in [0.05, 0.1) is 22.8 Å². The molecule has 0 aliphatic rings. The Bertz CT molecular complexity index is 1180. The number of nitrogens with zero attached hydrogens (tertiary/aromatic N) is 6. The van der Waals surface area contributed by atoms with E-state index >= 15 is 0 Å². The van der Waals surface area contributed by atoms with Gasteiger partial charge in [-0.1, -0.05) is 23.5 Å². The van der Waals surface area contributed by atoms with Gasteiger partial charge < -0.3 is 0 Å². The zero-order valence-corrected chi connectivity index (χ0v) is 17.4. The monoisotopic (exact) mass is 446 g/mol. The topological polar surface area (TPSA) is 76.9 Å². The maximum absolute atomic E-state index is 13.4. The summed E-state index contributed by atoms with van der Waals surface area (Å²) in [5, 5.41) is 11.3. The van der Waals surface area contributed by atoms with Crippen molar-refractivity contribution in [2.24, 2.45) is 0 Å². The Morgan fingerprint density at radius 2 is 1.94 bits per heavy atom. The number of pyridine rings is 1. The molecule has 31 heavy (non-hydrogen) atoms. The van der Waals surface area contributed by atoms with Gasteiger partial charge in [-0.3, -0.25) is 9.82 Å². The van der Waals surface area contributed by atoms with Crippen LogP contribution in [0.3, 0.4) is 0 Å². The lowest BCUT2D eigenvalue weighted by Gasteiger charge is -2.28. The number of benzene rings is 1. The Hall–Kier alpha value is -3.18. The van der Waals surface area contributed by atoms with Gasteiger partial charge in [-0.05, 0) is 32.0 Å². The lowest BCUT2D eigenvalue weighted by Crippen LogP contribution is -2.30. The molecule has 0 saturated carbocycles. The molecular formula is C20H17F3N6OS.